The van der Waals surface area contributed by atoms with Crippen molar-refractivity contribution >= 4 is 6.29 Å². The largest absolute Gasteiger partial charge is 0.493 e. The fourth-order valence-electron chi connectivity index (χ4n) is 3.45. The zero-order valence-electron chi connectivity index (χ0n) is 14.9. The SMILES string of the molecule is COc1cc(C=O)ccc1OCc1nn(-c2ccc(F)cc2)c2c1CCC2. The Morgan fingerprint density at radius 1 is 1.15 bits per heavy atom. The number of aromatic nitrogens is 2. The third-order valence-corrected chi connectivity index (χ3v) is 4.77. The van der Waals surface area contributed by atoms with Crippen LogP contribution in [0.2, 0.25) is 0 Å². The molecule has 0 fully saturated rings. The molecule has 5 nitrogen and oxygen atoms in total. The van der Waals surface area contributed by atoms with E-state index in [9.17, 15) is 9.18 Å². The minimum Gasteiger partial charge on any atom is -0.493 e. The van der Waals surface area contributed by atoms with Crippen molar-refractivity contribution in [2.24, 2.45) is 0 Å². The molecule has 0 spiro atoms. The topological polar surface area (TPSA) is 53.4 Å². The van der Waals surface area contributed by atoms with Gasteiger partial charge in [0, 0.05) is 16.8 Å². The Bertz CT molecular complexity index is 980. The van der Waals surface area contributed by atoms with Crippen molar-refractivity contribution in [1.29, 1.82) is 0 Å². The summed E-state index contributed by atoms with van der Waals surface area (Å²) in [6.07, 6.45) is 3.73. The highest BCUT2D eigenvalue weighted by molar-refractivity contribution is 5.76. The number of carbonyl (C=O) groups is 1. The molecule has 2 aromatic carbocycles. The molecule has 138 valence electrons. The maximum Gasteiger partial charge on any atom is 0.161 e. The fraction of sp³-hybridized carbons (Fsp3) is 0.238. The summed E-state index contributed by atoms with van der Waals surface area (Å²) in [6, 6.07) is 11.4. The lowest BCUT2D eigenvalue weighted by Crippen LogP contribution is -2.04. The highest BCUT2D eigenvalue weighted by atomic mass is 19.1. The van der Waals surface area contributed by atoms with Gasteiger partial charge in [0.05, 0.1) is 12.8 Å². The lowest BCUT2D eigenvalue weighted by atomic mass is 10.2. The van der Waals surface area contributed by atoms with Crippen molar-refractivity contribution in [2.75, 3.05) is 7.11 Å². The summed E-state index contributed by atoms with van der Waals surface area (Å²) >= 11 is 0. The van der Waals surface area contributed by atoms with E-state index in [4.69, 9.17) is 14.6 Å². The molecule has 1 heterocycles. The molecule has 0 unspecified atom stereocenters. The lowest BCUT2D eigenvalue weighted by molar-refractivity contribution is 0.112. The number of rotatable bonds is 6. The van der Waals surface area contributed by atoms with Crippen LogP contribution in [0.3, 0.4) is 0 Å². The standard InChI is InChI=1S/C21H19FN2O3/c1-26-21-11-14(12-25)5-10-20(21)27-13-18-17-3-2-4-19(17)24(23-18)16-8-6-15(22)7-9-16/h5-12H,2-4,13H2,1H3. The van der Waals surface area contributed by atoms with Crippen LogP contribution in [0.1, 0.15) is 33.7 Å². The predicted octanol–water partition coefficient (Wildman–Crippen LogP) is 3.90. The number of ether oxygens (including phenoxy) is 2. The van der Waals surface area contributed by atoms with Crippen molar-refractivity contribution in [2.45, 2.75) is 25.9 Å². The predicted molar refractivity (Wildman–Crippen MR) is 98.3 cm³/mol. The Labute approximate surface area is 156 Å². The number of fused-ring (bicyclic) bond motifs is 1. The second-order valence-corrected chi connectivity index (χ2v) is 6.43. The summed E-state index contributed by atoms with van der Waals surface area (Å²) in [6.45, 7) is 0.299. The minimum atomic E-state index is -0.267. The molecule has 1 aliphatic rings. The zero-order chi connectivity index (χ0) is 18.8. The van der Waals surface area contributed by atoms with E-state index in [-0.39, 0.29) is 5.82 Å². The Kier molecular flexibility index (Phi) is 4.62. The van der Waals surface area contributed by atoms with Gasteiger partial charge in [-0.15, -0.1) is 0 Å². The summed E-state index contributed by atoms with van der Waals surface area (Å²) in [5.41, 5.74) is 4.59. The fourth-order valence-corrected chi connectivity index (χ4v) is 3.45. The molecule has 27 heavy (non-hydrogen) atoms. The first-order valence-corrected chi connectivity index (χ1v) is 8.81. The van der Waals surface area contributed by atoms with Crippen molar-refractivity contribution < 1.29 is 18.7 Å². The third kappa shape index (κ3) is 3.30. The zero-order valence-corrected chi connectivity index (χ0v) is 14.9. The second kappa shape index (κ2) is 7.23. The lowest BCUT2D eigenvalue weighted by Gasteiger charge is -2.10. The van der Waals surface area contributed by atoms with Crippen molar-refractivity contribution in [3.05, 3.63) is 70.8 Å². The molecule has 3 aromatic rings. The molecule has 1 aromatic heterocycles. The monoisotopic (exact) mass is 366 g/mol. The maximum absolute atomic E-state index is 13.2. The van der Waals surface area contributed by atoms with E-state index in [2.05, 4.69) is 0 Å². The second-order valence-electron chi connectivity index (χ2n) is 6.43. The summed E-state index contributed by atoms with van der Waals surface area (Å²) in [7, 11) is 1.54. The number of hydrogen-bond acceptors (Lipinski definition) is 4. The highest BCUT2D eigenvalue weighted by Crippen LogP contribution is 2.31. The molecule has 0 aliphatic heterocycles. The molecule has 0 atom stereocenters. The van der Waals surface area contributed by atoms with Crippen LogP contribution in [-0.4, -0.2) is 23.2 Å². The third-order valence-electron chi connectivity index (χ3n) is 4.77. The van der Waals surface area contributed by atoms with E-state index in [1.54, 1.807) is 30.3 Å². The number of carbonyl (C=O) groups excluding carboxylic acids is 1. The first-order chi connectivity index (χ1) is 13.2. The van der Waals surface area contributed by atoms with Gasteiger partial charge in [0.1, 0.15) is 24.4 Å². The summed E-state index contributed by atoms with van der Waals surface area (Å²) in [4.78, 5) is 10.9. The summed E-state index contributed by atoms with van der Waals surface area (Å²) in [5.74, 6) is 0.803. The molecule has 0 saturated heterocycles. The Morgan fingerprint density at radius 3 is 2.70 bits per heavy atom. The van der Waals surface area contributed by atoms with E-state index in [0.717, 1.165) is 42.6 Å². The summed E-state index contributed by atoms with van der Waals surface area (Å²) < 4.78 is 26.4. The van der Waals surface area contributed by atoms with Crippen molar-refractivity contribution in [3.63, 3.8) is 0 Å². The van der Waals surface area contributed by atoms with Gasteiger partial charge < -0.3 is 9.47 Å². The van der Waals surface area contributed by atoms with Gasteiger partial charge in [-0.2, -0.15) is 5.10 Å². The molecule has 0 saturated carbocycles. The van der Waals surface area contributed by atoms with Crippen molar-refractivity contribution in [3.8, 4) is 17.2 Å². The van der Waals surface area contributed by atoms with E-state index in [0.29, 0.717) is 23.7 Å². The quantitative estimate of drug-likeness (QED) is 0.621. The highest BCUT2D eigenvalue weighted by Gasteiger charge is 2.23. The molecule has 0 N–H and O–H groups in total. The van der Waals surface area contributed by atoms with Crippen LogP contribution in [0.25, 0.3) is 5.69 Å². The molecular weight excluding hydrogens is 347 g/mol. The van der Waals surface area contributed by atoms with Gasteiger partial charge >= 0.3 is 0 Å². The number of benzene rings is 2. The number of aldehydes is 1. The van der Waals surface area contributed by atoms with Crippen LogP contribution in [0, 0.1) is 5.82 Å². The summed E-state index contributed by atoms with van der Waals surface area (Å²) in [5, 5.41) is 4.71. The van der Waals surface area contributed by atoms with Crippen molar-refractivity contribution in [1.82, 2.24) is 9.78 Å². The minimum absolute atomic E-state index is 0.267. The molecule has 4 rings (SSSR count). The van der Waals surface area contributed by atoms with Gasteiger partial charge in [-0.25, -0.2) is 9.07 Å². The van der Waals surface area contributed by atoms with Gasteiger partial charge in [-0.3, -0.25) is 4.79 Å². The first kappa shape index (κ1) is 17.3. The number of hydrogen-bond donors (Lipinski definition) is 0. The molecule has 6 heteroatoms. The van der Waals surface area contributed by atoms with Crippen LogP contribution in [-0.2, 0) is 19.4 Å². The van der Waals surface area contributed by atoms with Gasteiger partial charge in [0.15, 0.2) is 11.5 Å². The Hall–Kier alpha value is -3.15. The van der Waals surface area contributed by atoms with Crippen LogP contribution in [0.4, 0.5) is 4.39 Å². The molecular formula is C21H19FN2O3. The van der Waals surface area contributed by atoms with E-state index in [1.807, 2.05) is 4.68 Å². The van der Waals surface area contributed by atoms with Gasteiger partial charge in [-0.1, -0.05) is 0 Å². The van der Waals surface area contributed by atoms with Crippen LogP contribution >= 0.6 is 0 Å². The molecule has 1 aliphatic carbocycles. The number of methoxy groups -OCH3 is 1. The number of nitrogens with zero attached hydrogens (tertiary/aromatic N) is 2. The average molecular weight is 366 g/mol. The van der Waals surface area contributed by atoms with Gasteiger partial charge in [0.25, 0.3) is 0 Å². The van der Waals surface area contributed by atoms with Crippen LogP contribution in [0.15, 0.2) is 42.5 Å². The van der Waals surface area contributed by atoms with E-state index >= 15 is 0 Å². The smallest absolute Gasteiger partial charge is 0.161 e. The van der Waals surface area contributed by atoms with E-state index in [1.165, 1.54) is 24.8 Å². The number of halogens is 1. The maximum atomic E-state index is 13.2. The van der Waals surface area contributed by atoms with Gasteiger partial charge in [0.2, 0.25) is 0 Å². The first-order valence-electron chi connectivity index (χ1n) is 8.81. The van der Waals surface area contributed by atoms with Gasteiger partial charge in [-0.05, 0) is 61.7 Å². The Balaban J connectivity index is 1.61. The molecule has 0 amide bonds. The Morgan fingerprint density at radius 2 is 1.96 bits per heavy atom. The van der Waals surface area contributed by atoms with Crippen LogP contribution in [0.5, 0.6) is 11.5 Å². The average Bonchev–Trinajstić information content (AvgIpc) is 3.30. The molecule has 0 radical (unpaired) electrons. The van der Waals surface area contributed by atoms with E-state index < -0.39 is 0 Å². The normalized spacial score (nSPS) is 12.7. The van der Waals surface area contributed by atoms with Crippen LogP contribution < -0.4 is 9.47 Å². The molecule has 0 bridgehead atoms.